The smallest absolute Gasteiger partial charge is 0.412 e. The van der Waals surface area contributed by atoms with Crippen molar-refractivity contribution in [1.82, 2.24) is 4.98 Å². The fraction of sp³-hybridized carbons (Fsp3) is 0.455. The number of amides is 1. The summed E-state index contributed by atoms with van der Waals surface area (Å²) in [6, 6.07) is 5.50. The molecule has 0 aliphatic carbocycles. The first kappa shape index (κ1) is 23.8. The molecule has 0 radical (unpaired) electrons. The van der Waals surface area contributed by atoms with Crippen molar-refractivity contribution < 1.29 is 19.0 Å². The number of ether oxygens (including phenoxy) is 3. The quantitative estimate of drug-likeness (QED) is 0.643. The molecule has 1 aromatic heterocycles. The zero-order valence-corrected chi connectivity index (χ0v) is 18.9. The number of hydrogen-bond donors (Lipinski definition) is 2. The molecular formula is C22H30ClN3O4. The van der Waals surface area contributed by atoms with E-state index in [4.69, 9.17) is 26.8 Å². The predicted octanol–water partition coefficient (Wildman–Crippen LogP) is 5.25. The van der Waals surface area contributed by atoms with Crippen molar-refractivity contribution in [3.05, 3.63) is 35.0 Å². The second-order valence-corrected chi connectivity index (χ2v) is 7.45. The van der Waals surface area contributed by atoms with Gasteiger partial charge in [0.2, 0.25) is 0 Å². The van der Waals surface area contributed by atoms with E-state index >= 15 is 0 Å². The van der Waals surface area contributed by atoms with Gasteiger partial charge in [0.1, 0.15) is 23.9 Å². The molecule has 2 unspecified atom stereocenters. The van der Waals surface area contributed by atoms with Crippen LogP contribution in [0.2, 0.25) is 5.02 Å². The molecule has 0 saturated carbocycles. The Morgan fingerprint density at radius 1 is 1.30 bits per heavy atom. The van der Waals surface area contributed by atoms with Gasteiger partial charge in [-0.05, 0) is 37.0 Å². The van der Waals surface area contributed by atoms with Crippen LogP contribution in [0.25, 0.3) is 11.1 Å². The van der Waals surface area contributed by atoms with Crippen molar-refractivity contribution in [2.45, 2.75) is 46.8 Å². The fourth-order valence-electron chi connectivity index (χ4n) is 3.14. The van der Waals surface area contributed by atoms with Gasteiger partial charge in [-0.15, -0.1) is 0 Å². The Morgan fingerprint density at radius 3 is 2.70 bits per heavy atom. The van der Waals surface area contributed by atoms with E-state index in [1.54, 1.807) is 18.3 Å². The highest BCUT2D eigenvalue weighted by Gasteiger charge is 2.22. The molecule has 0 spiro atoms. The molecule has 8 heteroatoms. The van der Waals surface area contributed by atoms with Crippen molar-refractivity contribution in [3.8, 4) is 22.6 Å². The van der Waals surface area contributed by atoms with Crippen LogP contribution < -0.4 is 20.5 Å². The number of hydrogen-bond acceptors (Lipinski definition) is 6. The summed E-state index contributed by atoms with van der Waals surface area (Å²) in [6.07, 6.45) is 1.95. The van der Waals surface area contributed by atoms with Gasteiger partial charge in [0.15, 0.2) is 0 Å². The number of nitrogens with one attached hydrogen (secondary N) is 1. The van der Waals surface area contributed by atoms with Gasteiger partial charge in [-0.1, -0.05) is 32.4 Å². The zero-order valence-electron chi connectivity index (χ0n) is 18.1. The number of nitrogens with zero attached hydrogens (tertiary/aromatic N) is 1. The molecule has 1 amide bonds. The molecule has 2 heterocycles. The minimum atomic E-state index is -0.581. The van der Waals surface area contributed by atoms with E-state index in [-0.39, 0.29) is 6.04 Å². The number of fused-ring (bicyclic) bond motifs is 3. The summed E-state index contributed by atoms with van der Waals surface area (Å²) in [5.41, 5.74) is 8.45. The highest BCUT2D eigenvalue weighted by Crippen LogP contribution is 2.43. The predicted molar refractivity (Wildman–Crippen MR) is 119 cm³/mol. The minimum Gasteiger partial charge on any atom is -0.492 e. The summed E-state index contributed by atoms with van der Waals surface area (Å²) < 4.78 is 16.4. The third-order valence-corrected chi connectivity index (χ3v) is 4.70. The number of benzene rings is 1. The third-order valence-electron chi connectivity index (χ3n) is 4.41. The van der Waals surface area contributed by atoms with Crippen LogP contribution in [0.3, 0.4) is 0 Å². The van der Waals surface area contributed by atoms with Crippen molar-refractivity contribution >= 4 is 23.5 Å². The molecule has 164 valence electrons. The maximum Gasteiger partial charge on any atom is 0.412 e. The number of nitrogens with two attached hydrogens (primary N) is 1. The van der Waals surface area contributed by atoms with E-state index in [0.29, 0.717) is 41.5 Å². The van der Waals surface area contributed by atoms with Crippen LogP contribution in [0.15, 0.2) is 24.4 Å². The standard InChI is InChI=1S/C20H24ClN3O4.C2H6/c1-11(4-12(2)22)9-27-18-7-17-15(5-16(18)21)14-6-19(24-20(25)26-3)23-8-13(14)10-28-17;1-2/h5-8,11-12H,4,9-10,22H2,1-3H3,(H,23,24,25);1-2H3. The Bertz CT molecular complexity index is 874. The molecule has 2 atom stereocenters. The SMILES string of the molecule is CC.COC(=O)Nc1cc2c(cn1)COc1cc(OCC(C)CC(C)N)c(Cl)cc1-2. The molecule has 2 aromatic rings. The number of carbonyl (C=O) groups excluding carboxylic acids is 1. The van der Waals surface area contributed by atoms with E-state index < -0.39 is 6.09 Å². The monoisotopic (exact) mass is 435 g/mol. The normalized spacial score (nSPS) is 13.4. The van der Waals surface area contributed by atoms with Crippen LogP contribution in [0.5, 0.6) is 11.5 Å². The zero-order chi connectivity index (χ0) is 22.3. The molecule has 3 N–H and O–H groups in total. The summed E-state index contributed by atoms with van der Waals surface area (Å²) >= 11 is 6.45. The van der Waals surface area contributed by atoms with Crippen LogP contribution >= 0.6 is 11.6 Å². The molecule has 7 nitrogen and oxygen atoms in total. The number of rotatable bonds is 6. The Kier molecular flexibility index (Phi) is 8.74. The van der Waals surface area contributed by atoms with Gasteiger partial charge in [-0.3, -0.25) is 5.32 Å². The molecule has 0 saturated heterocycles. The summed E-state index contributed by atoms with van der Waals surface area (Å²) in [7, 11) is 1.30. The van der Waals surface area contributed by atoms with E-state index in [1.165, 1.54) is 7.11 Å². The first-order valence-electron chi connectivity index (χ1n) is 10.1. The lowest BCUT2D eigenvalue weighted by Gasteiger charge is -2.23. The first-order chi connectivity index (χ1) is 14.4. The van der Waals surface area contributed by atoms with Gasteiger partial charge < -0.3 is 19.9 Å². The van der Waals surface area contributed by atoms with E-state index in [9.17, 15) is 4.79 Å². The van der Waals surface area contributed by atoms with Crippen molar-refractivity contribution in [3.63, 3.8) is 0 Å². The summed E-state index contributed by atoms with van der Waals surface area (Å²) in [5, 5.41) is 3.05. The van der Waals surface area contributed by atoms with E-state index in [0.717, 1.165) is 23.1 Å². The molecule has 1 aliphatic heterocycles. The van der Waals surface area contributed by atoms with E-state index in [1.807, 2.05) is 26.8 Å². The molecule has 1 aliphatic rings. The van der Waals surface area contributed by atoms with Gasteiger partial charge in [0.25, 0.3) is 0 Å². The number of aromatic nitrogens is 1. The number of pyridine rings is 1. The third kappa shape index (κ3) is 6.00. The maximum absolute atomic E-state index is 11.4. The molecular weight excluding hydrogens is 406 g/mol. The lowest BCUT2D eigenvalue weighted by molar-refractivity contribution is 0.187. The Hall–Kier alpha value is -2.51. The summed E-state index contributed by atoms with van der Waals surface area (Å²) in [6.45, 7) is 8.96. The summed E-state index contributed by atoms with van der Waals surface area (Å²) in [4.78, 5) is 15.6. The lowest BCUT2D eigenvalue weighted by atomic mass is 9.98. The lowest BCUT2D eigenvalue weighted by Crippen LogP contribution is -2.21. The van der Waals surface area contributed by atoms with Gasteiger partial charge >= 0.3 is 6.09 Å². The molecule has 1 aromatic carbocycles. The highest BCUT2D eigenvalue weighted by atomic mass is 35.5. The highest BCUT2D eigenvalue weighted by molar-refractivity contribution is 6.32. The number of carbonyl (C=O) groups is 1. The number of anilines is 1. The Balaban J connectivity index is 0.00000155. The van der Waals surface area contributed by atoms with Gasteiger partial charge in [0.05, 0.1) is 18.7 Å². The number of halogens is 1. The van der Waals surface area contributed by atoms with Crippen LogP contribution in [0.4, 0.5) is 10.6 Å². The Morgan fingerprint density at radius 2 is 2.03 bits per heavy atom. The molecule has 0 bridgehead atoms. The number of methoxy groups -OCH3 is 1. The van der Waals surface area contributed by atoms with Crippen LogP contribution in [0, 0.1) is 5.92 Å². The average molecular weight is 436 g/mol. The van der Waals surface area contributed by atoms with Gasteiger partial charge in [0, 0.05) is 29.4 Å². The molecule has 30 heavy (non-hydrogen) atoms. The second kappa shape index (κ2) is 11.0. The first-order valence-corrected chi connectivity index (χ1v) is 10.4. The second-order valence-electron chi connectivity index (χ2n) is 7.04. The van der Waals surface area contributed by atoms with Gasteiger partial charge in [-0.2, -0.15) is 0 Å². The maximum atomic E-state index is 11.4. The summed E-state index contributed by atoms with van der Waals surface area (Å²) in [5.74, 6) is 1.94. The van der Waals surface area contributed by atoms with Crippen molar-refractivity contribution in [2.75, 3.05) is 19.0 Å². The van der Waals surface area contributed by atoms with Gasteiger partial charge in [-0.25, -0.2) is 9.78 Å². The minimum absolute atomic E-state index is 0.124. The van der Waals surface area contributed by atoms with Crippen LogP contribution in [0.1, 0.15) is 39.7 Å². The van der Waals surface area contributed by atoms with Crippen LogP contribution in [-0.4, -0.2) is 30.8 Å². The van der Waals surface area contributed by atoms with Crippen molar-refractivity contribution in [2.24, 2.45) is 11.7 Å². The molecule has 3 rings (SSSR count). The average Bonchev–Trinajstić information content (AvgIpc) is 2.73. The Labute approximate surface area is 182 Å². The van der Waals surface area contributed by atoms with Crippen LogP contribution in [-0.2, 0) is 11.3 Å². The largest absolute Gasteiger partial charge is 0.492 e. The fourth-order valence-corrected chi connectivity index (χ4v) is 3.36. The molecule has 0 fully saturated rings. The van der Waals surface area contributed by atoms with E-state index in [2.05, 4.69) is 22.0 Å². The topological polar surface area (TPSA) is 95.7 Å². The van der Waals surface area contributed by atoms with Crippen molar-refractivity contribution in [1.29, 1.82) is 0 Å².